The van der Waals surface area contributed by atoms with E-state index in [-0.39, 0.29) is 22.5 Å². The Morgan fingerprint density at radius 2 is 1.58 bits per heavy atom. The maximum absolute atomic E-state index is 14.3. The topological polar surface area (TPSA) is 52.4 Å². The van der Waals surface area contributed by atoms with Gasteiger partial charge in [-0.3, -0.25) is 4.79 Å². The molecule has 0 radical (unpaired) electrons. The number of unbranched alkanes of at least 4 members (excludes halogenated alkanes) is 2. The fourth-order valence-corrected chi connectivity index (χ4v) is 23.4. The Morgan fingerprint density at radius 1 is 0.887 bits per heavy atom. The Labute approximate surface area is 331 Å². The van der Waals surface area contributed by atoms with E-state index in [1.807, 2.05) is 0 Å². The number of hydrogen-bond donors (Lipinski definition) is 1. The van der Waals surface area contributed by atoms with E-state index >= 15 is 0 Å². The molecule has 0 saturated carbocycles. The number of hydrogen-bond acceptors (Lipinski definition) is 6. The van der Waals surface area contributed by atoms with Gasteiger partial charge in [-0.15, -0.1) is 0 Å². The summed E-state index contributed by atoms with van der Waals surface area (Å²) in [5.41, 5.74) is 9.54. The van der Waals surface area contributed by atoms with Crippen LogP contribution in [-0.2, 0) is 20.4 Å². The number of nitrogens with zero attached hydrogens (tertiary/aromatic N) is 2. The molecular formula is C44H51AsN3O2S3+. The van der Waals surface area contributed by atoms with Gasteiger partial charge in [0.05, 0.1) is 5.41 Å². The number of anilines is 2. The summed E-state index contributed by atoms with van der Waals surface area (Å²) in [6.07, 6.45) is 7.68. The minimum absolute atomic E-state index is 0.0811. The molecule has 1 amide bonds. The summed E-state index contributed by atoms with van der Waals surface area (Å²) in [5, 5.41) is 3.10. The number of Topliss-reactive ketones (excluding diaryl/α,β-unsaturated/α-hetero) is 1. The zero-order valence-electron chi connectivity index (χ0n) is 31.8. The van der Waals surface area contributed by atoms with E-state index in [1.165, 1.54) is 49.8 Å². The van der Waals surface area contributed by atoms with Crippen molar-refractivity contribution in [2.45, 2.75) is 78.1 Å². The van der Waals surface area contributed by atoms with Crippen LogP contribution in [0, 0.1) is 0 Å². The summed E-state index contributed by atoms with van der Waals surface area (Å²) < 4.78 is 3.85. The number of fused-ring (bicyclic) bond motifs is 2. The monoisotopic (exact) mass is 824 g/mol. The second-order valence-electron chi connectivity index (χ2n) is 15.0. The second kappa shape index (κ2) is 16.1. The summed E-state index contributed by atoms with van der Waals surface area (Å²) in [7, 11) is 4.28. The molecule has 1 fully saturated rings. The molecule has 3 aromatic carbocycles. The van der Waals surface area contributed by atoms with Crippen LogP contribution in [-0.4, -0.2) is 64.7 Å². The van der Waals surface area contributed by atoms with Gasteiger partial charge in [0.15, 0.2) is 11.5 Å². The fourth-order valence-electron chi connectivity index (χ4n) is 8.06. The first-order valence-electron chi connectivity index (χ1n) is 19.0. The van der Waals surface area contributed by atoms with E-state index in [1.54, 1.807) is 11.8 Å². The Bertz CT molecular complexity index is 2040. The predicted octanol–water partition coefficient (Wildman–Crippen LogP) is 9.65. The van der Waals surface area contributed by atoms with Crippen LogP contribution in [0.25, 0.3) is 0 Å². The number of benzene rings is 3. The molecule has 1 aliphatic carbocycles. The molecule has 3 aromatic rings. The van der Waals surface area contributed by atoms with Crippen molar-refractivity contribution in [1.29, 1.82) is 0 Å². The third kappa shape index (κ3) is 7.43. The van der Waals surface area contributed by atoms with Crippen LogP contribution in [0.15, 0.2) is 107 Å². The van der Waals surface area contributed by atoms with Crippen molar-refractivity contribution in [3.05, 3.63) is 118 Å². The molecule has 0 atom stereocenters. The molecule has 0 unspecified atom stereocenters. The van der Waals surface area contributed by atoms with Gasteiger partial charge in [-0.2, -0.15) is 4.58 Å². The van der Waals surface area contributed by atoms with E-state index in [0.717, 1.165) is 59.8 Å². The van der Waals surface area contributed by atoms with Crippen molar-refractivity contribution < 1.29 is 14.2 Å². The van der Waals surface area contributed by atoms with Crippen molar-refractivity contribution >= 4 is 83.0 Å². The molecule has 1 saturated heterocycles. The van der Waals surface area contributed by atoms with Crippen molar-refractivity contribution in [3.8, 4) is 0 Å². The number of para-hydroxylation sites is 2. The third-order valence-electron chi connectivity index (χ3n) is 10.9. The Kier molecular flexibility index (Phi) is 11.6. The van der Waals surface area contributed by atoms with Gasteiger partial charge < -0.3 is 4.90 Å². The third-order valence-corrected chi connectivity index (χ3v) is 25.9. The van der Waals surface area contributed by atoms with Crippen LogP contribution >= 0.6 is 31.8 Å². The smallest absolute Gasteiger partial charge is 0.209 e. The molecule has 3 aliphatic heterocycles. The summed E-state index contributed by atoms with van der Waals surface area (Å²) >= 11 is 0.811. The summed E-state index contributed by atoms with van der Waals surface area (Å²) in [5.74, 6) is 3.65. The quantitative estimate of drug-likeness (QED) is 0.0803. The van der Waals surface area contributed by atoms with E-state index in [2.05, 4.69) is 161 Å². The number of carbonyl (C=O) groups excluding carboxylic acids is 2. The normalized spacial score (nSPS) is 20.4. The molecule has 9 heteroatoms. The Morgan fingerprint density at radius 3 is 2.30 bits per heavy atom. The molecule has 0 spiro atoms. The largest absolute Gasteiger partial charge is 0.289 e. The molecular weight excluding hydrogens is 774 g/mol. The zero-order chi connectivity index (χ0) is 37.3. The molecule has 5 nitrogen and oxygen atoms in total. The number of rotatable bonds is 13. The first-order valence-corrected chi connectivity index (χ1v) is 27.4. The van der Waals surface area contributed by atoms with Crippen LogP contribution in [0.1, 0.15) is 78.4 Å². The average molecular weight is 825 g/mol. The van der Waals surface area contributed by atoms with Crippen LogP contribution < -0.4 is 14.6 Å². The van der Waals surface area contributed by atoms with E-state index in [4.69, 9.17) is 0 Å². The first-order chi connectivity index (χ1) is 25.6. The molecule has 7 rings (SSSR count). The Balaban J connectivity index is 1.07. The molecule has 1 N–H and O–H groups in total. The van der Waals surface area contributed by atoms with Crippen molar-refractivity contribution in [2.75, 3.05) is 40.6 Å². The second-order valence-corrected chi connectivity index (χ2v) is 27.8. The van der Waals surface area contributed by atoms with Crippen LogP contribution in [0.5, 0.6) is 0 Å². The van der Waals surface area contributed by atoms with E-state index < -0.39 is 12.3 Å². The zero-order valence-corrected chi connectivity index (χ0v) is 36.2. The predicted molar refractivity (Wildman–Crippen MR) is 232 cm³/mol. The van der Waals surface area contributed by atoms with Gasteiger partial charge in [0, 0.05) is 57.1 Å². The number of allylic oxidation sites excluding steroid dienone is 5. The minimum Gasteiger partial charge on any atom is -0.289 e. The molecule has 53 heavy (non-hydrogen) atoms. The molecule has 4 aliphatic rings. The van der Waals surface area contributed by atoms with Crippen molar-refractivity contribution in [3.63, 3.8) is 0 Å². The number of likely N-dealkylation sites (N-methyl/N-ethyl adjacent to an activating group) is 1. The molecule has 3 heterocycles. The summed E-state index contributed by atoms with van der Waals surface area (Å²) in [4.78, 5) is 30.5. The van der Waals surface area contributed by atoms with Gasteiger partial charge in [-0.1, -0.05) is 50.2 Å². The van der Waals surface area contributed by atoms with Crippen molar-refractivity contribution in [1.82, 2.24) is 0 Å². The standard InChI is InChI=1S/C44H50AsN3O2S3/c1-7-47-36-18-13-11-16-34(36)43(3,4)38(47)28-32-41(50)33(29-39-44(5,6)35-17-12-14-19-37(35)48(39)8-2)42(32)51-25-15-9-10-20-40(49)46-31-23-21-30(22-24-31)45-52-26-27-53-45/h11-14,16-19,21-24,28-29H,7-10,15,20,25-27H2,1-6H3/p+1. The van der Waals surface area contributed by atoms with E-state index in [9.17, 15) is 9.59 Å². The molecule has 0 bridgehead atoms. The first kappa shape index (κ1) is 38.4. The molecule has 276 valence electrons. The van der Waals surface area contributed by atoms with Crippen molar-refractivity contribution in [2.24, 2.45) is 0 Å². The van der Waals surface area contributed by atoms with Crippen LogP contribution in [0.4, 0.5) is 17.1 Å². The SMILES string of the molecule is CCN1/C(=C\C2=C(SCCCCCC(=O)Nc3ccc([As]4SCCS4)cc3)C(=C\C3=[N+](CC)c4ccccc4C3(C)C)/C2=O)C(C)(C)c2ccccc21. The average Bonchev–Trinajstić information content (AvgIpc) is 3.83. The van der Waals surface area contributed by atoms with Gasteiger partial charge in [0.25, 0.3) is 0 Å². The maximum atomic E-state index is 14.3. The van der Waals surface area contributed by atoms with Gasteiger partial charge in [0.2, 0.25) is 5.69 Å². The van der Waals surface area contributed by atoms with Gasteiger partial charge in [0.1, 0.15) is 6.54 Å². The number of carbonyl (C=O) groups is 2. The Hall–Kier alpha value is -2.90. The van der Waals surface area contributed by atoms with Gasteiger partial charge in [-0.05, 0) is 45.4 Å². The minimum atomic E-state index is -0.993. The van der Waals surface area contributed by atoms with Crippen LogP contribution in [0.3, 0.4) is 0 Å². The number of nitrogens with one attached hydrogen (secondary N) is 1. The fraction of sp³-hybridized carbons (Fsp3) is 0.386. The number of amides is 1. The van der Waals surface area contributed by atoms with Gasteiger partial charge in [-0.25, -0.2) is 0 Å². The van der Waals surface area contributed by atoms with Gasteiger partial charge >= 0.3 is 137 Å². The molecule has 0 aromatic heterocycles. The number of ketones is 1. The van der Waals surface area contributed by atoms with Crippen LogP contribution in [0.2, 0.25) is 0 Å². The van der Waals surface area contributed by atoms with E-state index in [0.29, 0.717) is 6.42 Å². The summed E-state index contributed by atoms with van der Waals surface area (Å²) in [6.45, 7) is 15.2. The number of thioether (sulfide) groups is 1. The summed E-state index contributed by atoms with van der Waals surface area (Å²) in [6, 6.07) is 25.8. The maximum Gasteiger partial charge on any atom is 0.209 e.